The molecule has 2 unspecified atom stereocenters. The van der Waals surface area contributed by atoms with Crippen molar-refractivity contribution < 1.29 is 22.7 Å². The molecule has 0 saturated heterocycles. The summed E-state index contributed by atoms with van der Waals surface area (Å²) < 4.78 is 37.3. The number of benzene rings is 2. The Balaban J connectivity index is 1.61. The molecule has 2 N–H and O–H groups in total. The van der Waals surface area contributed by atoms with Crippen molar-refractivity contribution in [2.24, 2.45) is 0 Å². The van der Waals surface area contributed by atoms with Crippen LogP contribution in [-0.2, 0) is 14.8 Å². The highest BCUT2D eigenvalue weighted by Gasteiger charge is 2.22. The summed E-state index contributed by atoms with van der Waals surface area (Å²) in [6.45, 7) is 8.37. The maximum absolute atomic E-state index is 12.6. The van der Waals surface area contributed by atoms with Gasteiger partial charge in [-0.05, 0) is 43.7 Å². The molecule has 2 aromatic rings. The van der Waals surface area contributed by atoms with Gasteiger partial charge in [0.1, 0.15) is 0 Å². The Hall–Kier alpha value is -2.62. The number of carbonyl (C=O) groups is 1. The topological polar surface area (TPSA) is 97.0 Å². The van der Waals surface area contributed by atoms with Crippen LogP contribution in [0.3, 0.4) is 0 Å². The number of nitrogens with one attached hydrogen (secondary N) is 2. The van der Waals surface area contributed by atoms with E-state index in [0.29, 0.717) is 30.3 Å². The third-order valence-corrected chi connectivity index (χ3v) is 7.32. The van der Waals surface area contributed by atoms with Crippen LogP contribution in [-0.4, -0.2) is 44.6 Å². The van der Waals surface area contributed by atoms with Gasteiger partial charge in [-0.1, -0.05) is 26.0 Å². The van der Waals surface area contributed by atoms with Crippen molar-refractivity contribution in [2.75, 3.05) is 25.2 Å². The predicted octanol–water partition coefficient (Wildman–Crippen LogP) is 3.12. The maximum Gasteiger partial charge on any atom is 0.243 e. The number of hydrogen-bond acceptors (Lipinski definition) is 6. The van der Waals surface area contributed by atoms with Crippen LogP contribution in [0, 0.1) is 0 Å². The van der Waals surface area contributed by atoms with E-state index in [9.17, 15) is 13.2 Å². The van der Waals surface area contributed by atoms with Crippen molar-refractivity contribution >= 4 is 21.6 Å². The van der Waals surface area contributed by atoms with E-state index in [1.165, 1.54) is 4.31 Å². The first-order valence-electron chi connectivity index (χ1n) is 10.3. The molecule has 1 amide bonds. The molecule has 1 heterocycles. The lowest BCUT2D eigenvalue weighted by Gasteiger charge is -2.21. The van der Waals surface area contributed by atoms with E-state index in [4.69, 9.17) is 9.47 Å². The van der Waals surface area contributed by atoms with Crippen molar-refractivity contribution in [2.45, 2.75) is 44.7 Å². The lowest BCUT2D eigenvalue weighted by atomic mass is 10.1. The van der Waals surface area contributed by atoms with Gasteiger partial charge < -0.3 is 14.8 Å². The number of fused-ring (bicyclic) bond motifs is 1. The van der Waals surface area contributed by atoms with Gasteiger partial charge in [-0.25, -0.2) is 8.42 Å². The second kappa shape index (κ2) is 9.67. The normalized spacial score (nSPS) is 15.0. The molecule has 2 aromatic carbocycles. The summed E-state index contributed by atoms with van der Waals surface area (Å²) >= 11 is 0. The molecular weight excluding hydrogens is 418 g/mol. The molecule has 8 nitrogen and oxygen atoms in total. The average Bonchev–Trinajstić information content (AvgIpc) is 3.22. The molecule has 0 saturated carbocycles. The quantitative estimate of drug-likeness (QED) is 0.613. The number of rotatable bonds is 9. The second-order valence-corrected chi connectivity index (χ2v) is 9.26. The summed E-state index contributed by atoms with van der Waals surface area (Å²) in [7, 11) is -3.49. The van der Waals surface area contributed by atoms with Crippen LogP contribution in [0.1, 0.15) is 39.3 Å². The minimum absolute atomic E-state index is 0.150. The molecule has 0 aromatic heterocycles. The lowest BCUT2D eigenvalue weighted by Crippen LogP contribution is -2.39. The minimum atomic E-state index is -3.49. The number of ether oxygens (including phenoxy) is 2. The summed E-state index contributed by atoms with van der Waals surface area (Å²) in [6.07, 6.45) is 0. The summed E-state index contributed by atoms with van der Waals surface area (Å²) in [5.41, 5.74) is 1.52. The van der Waals surface area contributed by atoms with Gasteiger partial charge >= 0.3 is 0 Å². The van der Waals surface area contributed by atoms with E-state index in [1.54, 1.807) is 49.4 Å². The fourth-order valence-corrected chi connectivity index (χ4v) is 4.87. The largest absolute Gasteiger partial charge is 0.454 e. The van der Waals surface area contributed by atoms with E-state index in [1.807, 2.05) is 20.8 Å². The van der Waals surface area contributed by atoms with E-state index < -0.39 is 16.1 Å². The van der Waals surface area contributed by atoms with E-state index in [2.05, 4.69) is 10.6 Å². The highest BCUT2D eigenvalue weighted by atomic mass is 32.2. The molecular formula is C22H29N3O5S. The Labute approximate surface area is 183 Å². The predicted molar refractivity (Wildman–Crippen MR) is 119 cm³/mol. The van der Waals surface area contributed by atoms with Crippen LogP contribution in [0.4, 0.5) is 5.69 Å². The molecule has 0 fully saturated rings. The van der Waals surface area contributed by atoms with Gasteiger partial charge in [0.15, 0.2) is 11.5 Å². The SMILES string of the molecule is CCN(CC)S(=O)(=O)c1ccc(C(C)NC(C)C(=O)Nc2ccc3c(c2)OCO3)cc1. The Kier molecular flexibility index (Phi) is 7.19. The van der Waals surface area contributed by atoms with Crippen LogP contribution in [0.25, 0.3) is 0 Å². The van der Waals surface area contributed by atoms with Crippen molar-refractivity contribution in [3.8, 4) is 11.5 Å². The molecule has 9 heteroatoms. The fourth-order valence-electron chi connectivity index (χ4n) is 3.41. The number of sulfonamides is 1. The van der Waals surface area contributed by atoms with Gasteiger partial charge in [0, 0.05) is 30.9 Å². The van der Waals surface area contributed by atoms with Gasteiger partial charge in [-0.2, -0.15) is 4.31 Å². The van der Waals surface area contributed by atoms with Crippen molar-refractivity contribution in [1.82, 2.24) is 9.62 Å². The molecule has 0 spiro atoms. The summed E-state index contributed by atoms with van der Waals surface area (Å²) in [5.74, 6) is 1.07. The lowest BCUT2D eigenvalue weighted by molar-refractivity contribution is -0.117. The van der Waals surface area contributed by atoms with Gasteiger partial charge in [0.25, 0.3) is 0 Å². The maximum atomic E-state index is 12.6. The molecule has 2 atom stereocenters. The molecule has 0 bridgehead atoms. The second-order valence-electron chi connectivity index (χ2n) is 7.33. The molecule has 31 heavy (non-hydrogen) atoms. The van der Waals surface area contributed by atoms with Crippen molar-refractivity contribution in [3.05, 3.63) is 48.0 Å². The Morgan fingerprint density at radius 2 is 1.68 bits per heavy atom. The van der Waals surface area contributed by atoms with Crippen LogP contribution >= 0.6 is 0 Å². The molecule has 3 rings (SSSR count). The van der Waals surface area contributed by atoms with Crippen LogP contribution < -0.4 is 20.1 Å². The van der Waals surface area contributed by atoms with Crippen LogP contribution in [0.2, 0.25) is 0 Å². The van der Waals surface area contributed by atoms with Gasteiger partial charge in [-0.15, -0.1) is 0 Å². The first kappa shape index (κ1) is 23.1. The molecule has 168 valence electrons. The van der Waals surface area contributed by atoms with Gasteiger partial charge in [0.05, 0.1) is 10.9 Å². The highest BCUT2D eigenvalue weighted by Crippen LogP contribution is 2.34. The summed E-state index contributed by atoms with van der Waals surface area (Å²) in [6, 6.07) is 11.4. The molecule has 0 aliphatic carbocycles. The Bertz CT molecular complexity index is 1020. The number of anilines is 1. The zero-order valence-electron chi connectivity index (χ0n) is 18.2. The fraction of sp³-hybridized carbons (Fsp3) is 0.409. The minimum Gasteiger partial charge on any atom is -0.454 e. The number of amides is 1. The number of nitrogens with zero attached hydrogens (tertiary/aromatic N) is 1. The van der Waals surface area contributed by atoms with E-state index in [-0.39, 0.29) is 23.6 Å². The number of hydrogen-bond donors (Lipinski definition) is 2. The third kappa shape index (κ3) is 5.17. The highest BCUT2D eigenvalue weighted by molar-refractivity contribution is 7.89. The van der Waals surface area contributed by atoms with E-state index >= 15 is 0 Å². The zero-order chi connectivity index (χ0) is 22.6. The van der Waals surface area contributed by atoms with Crippen molar-refractivity contribution in [3.63, 3.8) is 0 Å². The number of carbonyl (C=O) groups excluding carboxylic acids is 1. The van der Waals surface area contributed by atoms with E-state index in [0.717, 1.165) is 5.56 Å². The summed E-state index contributed by atoms with van der Waals surface area (Å²) in [5, 5.41) is 6.10. The average molecular weight is 448 g/mol. The molecule has 0 radical (unpaired) electrons. The molecule has 1 aliphatic heterocycles. The monoisotopic (exact) mass is 447 g/mol. The van der Waals surface area contributed by atoms with Crippen LogP contribution in [0.5, 0.6) is 11.5 Å². The first-order chi connectivity index (χ1) is 14.8. The summed E-state index contributed by atoms with van der Waals surface area (Å²) in [4.78, 5) is 12.8. The first-order valence-corrected chi connectivity index (χ1v) is 11.8. The Morgan fingerprint density at radius 1 is 1.03 bits per heavy atom. The third-order valence-electron chi connectivity index (χ3n) is 5.26. The Morgan fingerprint density at radius 3 is 2.32 bits per heavy atom. The standard InChI is InChI=1S/C22H29N3O5S/c1-5-25(6-2)31(27,28)19-10-7-17(8-11-19)15(3)23-16(4)22(26)24-18-9-12-20-21(13-18)30-14-29-20/h7-13,15-16,23H,5-6,14H2,1-4H3,(H,24,26). The van der Waals surface area contributed by atoms with Crippen LogP contribution in [0.15, 0.2) is 47.4 Å². The van der Waals surface area contributed by atoms with Gasteiger partial charge in [0.2, 0.25) is 22.7 Å². The smallest absolute Gasteiger partial charge is 0.243 e. The van der Waals surface area contributed by atoms with Crippen molar-refractivity contribution in [1.29, 1.82) is 0 Å². The van der Waals surface area contributed by atoms with Gasteiger partial charge in [-0.3, -0.25) is 10.1 Å². The molecule has 1 aliphatic rings. The zero-order valence-corrected chi connectivity index (χ0v) is 19.0.